The molecule has 0 fully saturated rings. The van der Waals surface area contributed by atoms with Gasteiger partial charge < -0.3 is 19.9 Å². The van der Waals surface area contributed by atoms with E-state index >= 15 is 0 Å². The summed E-state index contributed by atoms with van der Waals surface area (Å²) in [6.45, 7) is 3.50. The van der Waals surface area contributed by atoms with E-state index < -0.39 is 0 Å². The standard InChI is InChI=1S/C32H30N4O2/c1-20-33-27-11-9-24(17-29(27)34-20)22-10-12-31-26(15-22)19-36(13-14-38-31)32(37)30-18-25-8-7-23(16-28(25)35-30)21-5-3-2-4-6-21/h3,5-12,15-18,25,28,35H,2,4,13-14,19H2,1H3,(H,33,34). The monoisotopic (exact) mass is 502 g/mol. The van der Waals surface area contributed by atoms with Crippen LogP contribution in [0.25, 0.3) is 22.2 Å². The quantitative estimate of drug-likeness (QED) is 0.496. The largest absolute Gasteiger partial charge is 0.491 e. The molecule has 1 aromatic heterocycles. The van der Waals surface area contributed by atoms with E-state index in [1.165, 1.54) is 11.1 Å². The van der Waals surface area contributed by atoms with Crippen LogP contribution >= 0.6 is 0 Å². The Morgan fingerprint density at radius 3 is 2.84 bits per heavy atom. The van der Waals surface area contributed by atoms with E-state index in [0.29, 0.717) is 25.4 Å². The molecule has 190 valence electrons. The molecule has 6 nitrogen and oxygen atoms in total. The van der Waals surface area contributed by atoms with Gasteiger partial charge in [0.25, 0.3) is 5.91 Å². The minimum atomic E-state index is 0.0238. The van der Waals surface area contributed by atoms with Crippen molar-refractivity contribution in [1.29, 1.82) is 0 Å². The van der Waals surface area contributed by atoms with Gasteiger partial charge in [-0.2, -0.15) is 0 Å². The molecule has 2 N–H and O–H groups in total. The summed E-state index contributed by atoms with van der Waals surface area (Å²) < 4.78 is 6.05. The number of carbonyl (C=O) groups is 1. The molecule has 2 unspecified atom stereocenters. The fourth-order valence-electron chi connectivity index (χ4n) is 5.80. The van der Waals surface area contributed by atoms with Crippen molar-refractivity contribution in [3.05, 3.63) is 107 Å². The molecule has 2 aromatic carbocycles. The minimum absolute atomic E-state index is 0.0238. The van der Waals surface area contributed by atoms with Gasteiger partial charge in [0.15, 0.2) is 0 Å². The fourth-order valence-corrected chi connectivity index (χ4v) is 5.80. The molecule has 2 atom stereocenters. The predicted molar refractivity (Wildman–Crippen MR) is 149 cm³/mol. The lowest BCUT2D eigenvalue weighted by atomic mass is 9.89. The zero-order valence-corrected chi connectivity index (χ0v) is 21.4. The van der Waals surface area contributed by atoms with Crippen LogP contribution in [0.1, 0.15) is 24.2 Å². The molecule has 0 saturated heterocycles. The van der Waals surface area contributed by atoms with E-state index in [1.807, 2.05) is 24.0 Å². The van der Waals surface area contributed by atoms with Crippen molar-refractivity contribution < 1.29 is 9.53 Å². The van der Waals surface area contributed by atoms with Crippen LogP contribution in [-0.4, -0.2) is 40.0 Å². The molecule has 38 heavy (non-hydrogen) atoms. The number of benzene rings is 2. The topological polar surface area (TPSA) is 70.2 Å². The van der Waals surface area contributed by atoms with Crippen molar-refractivity contribution in [2.24, 2.45) is 5.92 Å². The van der Waals surface area contributed by atoms with Crippen LogP contribution in [0, 0.1) is 12.8 Å². The van der Waals surface area contributed by atoms with Gasteiger partial charge in [-0.1, -0.05) is 48.6 Å². The number of aromatic amines is 1. The second kappa shape index (κ2) is 9.21. The number of amides is 1. The lowest BCUT2D eigenvalue weighted by Gasteiger charge is -2.23. The van der Waals surface area contributed by atoms with Crippen LogP contribution in [0.15, 0.2) is 95.8 Å². The van der Waals surface area contributed by atoms with Crippen molar-refractivity contribution in [3.8, 4) is 16.9 Å². The molecular formula is C32H30N4O2. The summed E-state index contributed by atoms with van der Waals surface area (Å²) in [6.07, 6.45) is 17.6. The average molecular weight is 503 g/mol. The molecule has 1 amide bonds. The van der Waals surface area contributed by atoms with Crippen LogP contribution in [0.2, 0.25) is 0 Å². The maximum Gasteiger partial charge on any atom is 0.270 e. The molecule has 0 spiro atoms. The number of fused-ring (bicyclic) bond motifs is 3. The molecule has 3 aromatic rings. The van der Waals surface area contributed by atoms with Gasteiger partial charge in [-0.3, -0.25) is 4.79 Å². The highest BCUT2D eigenvalue weighted by Gasteiger charge is 2.32. The van der Waals surface area contributed by atoms with E-state index in [9.17, 15) is 4.79 Å². The zero-order chi connectivity index (χ0) is 25.6. The van der Waals surface area contributed by atoms with Gasteiger partial charge in [0, 0.05) is 18.0 Å². The number of H-pyrrole nitrogens is 1. The zero-order valence-electron chi connectivity index (χ0n) is 21.4. The summed E-state index contributed by atoms with van der Waals surface area (Å²) in [7, 11) is 0. The van der Waals surface area contributed by atoms with Crippen LogP contribution < -0.4 is 10.1 Å². The lowest BCUT2D eigenvalue weighted by molar-refractivity contribution is -0.128. The molecule has 7 rings (SSSR count). The summed E-state index contributed by atoms with van der Waals surface area (Å²) in [6, 6.07) is 12.6. The first-order valence-corrected chi connectivity index (χ1v) is 13.4. The number of nitrogens with zero attached hydrogens (tertiary/aromatic N) is 2. The first-order valence-electron chi connectivity index (χ1n) is 13.4. The van der Waals surface area contributed by atoms with Gasteiger partial charge in [-0.05, 0) is 72.4 Å². The van der Waals surface area contributed by atoms with Crippen LogP contribution in [0.5, 0.6) is 5.75 Å². The highest BCUT2D eigenvalue weighted by molar-refractivity contribution is 5.94. The van der Waals surface area contributed by atoms with Gasteiger partial charge in [-0.25, -0.2) is 4.98 Å². The van der Waals surface area contributed by atoms with Crippen molar-refractivity contribution in [1.82, 2.24) is 20.2 Å². The summed E-state index contributed by atoms with van der Waals surface area (Å²) in [5.41, 5.74) is 8.37. The first kappa shape index (κ1) is 22.8. The summed E-state index contributed by atoms with van der Waals surface area (Å²) >= 11 is 0. The Morgan fingerprint density at radius 1 is 1.05 bits per heavy atom. The Morgan fingerprint density at radius 2 is 1.95 bits per heavy atom. The molecule has 2 aliphatic carbocycles. The molecule has 3 heterocycles. The molecule has 2 aliphatic heterocycles. The van der Waals surface area contributed by atoms with E-state index in [2.05, 4.69) is 82.1 Å². The summed E-state index contributed by atoms with van der Waals surface area (Å²) in [5.74, 6) is 1.96. The fraction of sp³-hybridized carbons (Fsp3) is 0.250. The summed E-state index contributed by atoms with van der Waals surface area (Å²) in [4.78, 5) is 23.4. The third-order valence-corrected chi connectivity index (χ3v) is 7.77. The number of aryl methyl sites for hydroxylation is 1. The maximum atomic E-state index is 13.7. The number of rotatable bonds is 3. The Hall–Kier alpha value is -4.32. The van der Waals surface area contributed by atoms with Gasteiger partial charge in [0.05, 0.1) is 29.3 Å². The minimum Gasteiger partial charge on any atom is -0.491 e. The highest BCUT2D eigenvalue weighted by atomic mass is 16.5. The number of imidazole rings is 1. The number of nitrogens with one attached hydrogen (secondary N) is 2. The van der Waals surface area contributed by atoms with E-state index in [0.717, 1.165) is 52.1 Å². The first-order chi connectivity index (χ1) is 18.6. The van der Waals surface area contributed by atoms with Crippen molar-refractivity contribution in [2.75, 3.05) is 13.2 Å². The lowest BCUT2D eigenvalue weighted by Crippen LogP contribution is -2.38. The highest BCUT2D eigenvalue weighted by Crippen LogP contribution is 2.33. The Bertz CT molecular complexity index is 1600. The van der Waals surface area contributed by atoms with Crippen LogP contribution in [0.4, 0.5) is 0 Å². The third-order valence-electron chi connectivity index (χ3n) is 7.77. The number of hydrogen-bond donors (Lipinski definition) is 2. The number of allylic oxidation sites excluding steroid dienone is 6. The van der Waals surface area contributed by atoms with Crippen LogP contribution in [-0.2, 0) is 11.3 Å². The predicted octanol–water partition coefficient (Wildman–Crippen LogP) is 5.50. The average Bonchev–Trinajstić information content (AvgIpc) is 3.47. The number of ether oxygens (including phenoxy) is 1. The second-order valence-corrected chi connectivity index (χ2v) is 10.4. The van der Waals surface area contributed by atoms with Crippen molar-refractivity contribution in [3.63, 3.8) is 0 Å². The van der Waals surface area contributed by atoms with Gasteiger partial charge in [-0.15, -0.1) is 0 Å². The van der Waals surface area contributed by atoms with E-state index in [1.54, 1.807) is 0 Å². The molecule has 0 bridgehead atoms. The van der Waals surface area contributed by atoms with E-state index in [4.69, 9.17) is 4.74 Å². The number of carbonyl (C=O) groups excluding carboxylic acids is 1. The van der Waals surface area contributed by atoms with Gasteiger partial charge in [0.1, 0.15) is 18.2 Å². The van der Waals surface area contributed by atoms with E-state index in [-0.39, 0.29) is 17.9 Å². The maximum absolute atomic E-state index is 13.7. The molecule has 6 heteroatoms. The van der Waals surface area contributed by atoms with Crippen molar-refractivity contribution in [2.45, 2.75) is 32.4 Å². The van der Waals surface area contributed by atoms with Gasteiger partial charge >= 0.3 is 0 Å². The smallest absolute Gasteiger partial charge is 0.270 e. The third kappa shape index (κ3) is 4.16. The number of hydrogen-bond acceptors (Lipinski definition) is 4. The van der Waals surface area contributed by atoms with Crippen LogP contribution in [0.3, 0.4) is 0 Å². The Labute approximate surface area is 222 Å². The Balaban J connectivity index is 1.10. The molecule has 0 saturated carbocycles. The SMILES string of the molecule is Cc1nc2ccc(-c3ccc4c(c3)CN(C(=O)C3=CC5C=CC(C6=CCCC=C6)=CC5N3)CCO4)cc2[nH]1. The second-order valence-electron chi connectivity index (χ2n) is 10.4. The van der Waals surface area contributed by atoms with Crippen molar-refractivity contribution >= 4 is 16.9 Å². The van der Waals surface area contributed by atoms with Gasteiger partial charge in [0.2, 0.25) is 0 Å². The molecular weight excluding hydrogens is 472 g/mol. The molecule has 4 aliphatic rings. The molecule has 0 radical (unpaired) electrons. The Kier molecular flexibility index (Phi) is 5.54. The summed E-state index contributed by atoms with van der Waals surface area (Å²) in [5, 5.41) is 3.50. The normalized spacial score (nSPS) is 22.0. The number of aromatic nitrogens is 2.